The van der Waals surface area contributed by atoms with E-state index >= 15 is 0 Å². The van der Waals surface area contributed by atoms with Crippen LogP contribution >= 0.6 is 0 Å². The largest absolute Gasteiger partial charge is 0.481 e. The van der Waals surface area contributed by atoms with Gasteiger partial charge in [0, 0.05) is 12.5 Å². The molecule has 0 spiro atoms. The van der Waals surface area contributed by atoms with E-state index in [-0.39, 0.29) is 18.4 Å². The highest BCUT2D eigenvalue weighted by Gasteiger charge is 2.47. The van der Waals surface area contributed by atoms with E-state index in [1.165, 1.54) is 0 Å². The monoisotopic (exact) mass is 377 g/mol. The zero-order chi connectivity index (χ0) is 18.7. The maximum atomic E-state index is 12.9. The van der Waals surface area contributed by atoms with Gasteiger partial charge in [-0.2, -0.15) is 0 Å². The van der Waals surface area contributed by atoms with E-state index in [1.54, 1.807) is 12.1 Å². The quantitative estimate of drug-likeness (QED) is 0.536. The van der Waals surface area contributed by atoms with E-state index < -0.39 is 16.0 Å². The summed E-state index contributed by atoms with van der Waals surface area (Å²) in [6.07, 6.45) is 8.96. The van der Waals surface area contributed by atoms with Crippen LogP contribution in [0.4, 0.5) is 0 Å². The average Bonchev–Trinajstić information content (AvgIpc) is 3.16. The number of carbonyl (C=O) groups is 1. The Morgan fingerprint density at radius 1 is 1.27 bits per heavy atom. The van der Waals surface area contributed by atoms with Crippen molar-refractivity contribution in [1.82, 2.24) is 4.72 Å². The molecule has 1 aromatic carbocycles. The van der Waals surface area contributed by atoms with Gasteiger partial charge in [-0.25, -0.2) is 13.1 Å². The minimum Gasteiger partial charge on any atom is -0.481 e. The molecular weight excluding hydrogens is 350 g/mol. The molecule has 0 aliphatic heterocycles. The minimum atomic E-state index is -3.54. The molecule has 2 saturated carbocycles. The Labute approximate surface area is 155 Å². The highest BCUT2D eigenvalue weighted by atomic mass is 32.2. The molecule has 2 bridgehead atoms. The molecule has 2 aliphatic carbocycles. The van der Waals surface area contributed by atoms with Gasteiger partial charge in [-0.05, 0) is 68.4 Å². The van der Waals surface area contributed by atoms with Crippen LogP contribution in [0.2, 0.25) is 0 Å². The second kappa shape index (κ2) is 7.92. The van der Waals surface area contributed by atoms with Crippen molar-refractivity contribution in [1.29, 1.82) is 0 Å². The number of carboxylic acids is 1. The molecule has 0 saturated heterocycles. The lowest BCUT2D eigenvalue weighted by molar-refractivity contribution is -0.137. The van der Waals surface area contributed by atoms with Gasteiger partial charge in [-0.3, -0.25) is 4.79 Å². The molecule has 1 aromatic rings. The number of hydrogen-bond donors (Lipinski definition) is 2. The second-order valence-electron chi connectivity index (χ2n) is 7.54. The van der Waals surface area contributed by atoms with E-state index in [1.807, 2.05) is 25.1 Å². The van der Waals surface area contributed by atoms with Crippen LogP contribution in [0.1, 0.15) is 44.1 Å². The van der Waals surface area contributed by atoms with Crippen molar-refractivity contribution < 1.29 is 18.3 Å². The van der Waals surface area contributed by atoms with Crippen molar-refractivity contribution in [2.45, 2.75) is 56.4 Å². The molecule has 2 aliphatic rings. The first-order valence-corrected chi connectivity index (χ1v) is 10.8. The molecule has 5 nitrogen and oxygen atoms in total. The third-order valence-corrected chi connectivity index (χ3v) is 7.39. The summed E-state index contributed by atoms with van der Waals surface area (Å²) in [7, 11) is -3.54. The van der Waals surface area contributed by atoms with Crippen LogP contribution in [0.3, 0.4) is 0 Å². The maximum Gasteiger partial charge on any atom is 0.303 e. The normalized spacial score (nSPS) is 28.0. The lowest BCUT2D eigenvalue weighted by atomic mass is 9.84. The van der Waals surface area contributed by atoms with Crippen molar-refractivity contribution in [2.24, 2.45) is 17.8 Å². The van der Waals surface area contributed by atoms with Crippen LogP contribution in [0.15, 0.2) is 41.3 Å². The van der Waals surface area contributed by atoms with Crippen LogP contribution in [0, 0.1) is 24.7 Å². The Kier molecular flexibility index (Phi) is 5.82. The summed E-state index contributed by atoms with van der Waals surface area (Å²) in [4.78, 5) is 10.9. The second-order valence-corrected chi connectivity index (χ2v) is 9.22. The van der Waals surface area contributed by atoms with Gasteiger partial charge in [-0.15, -0.1) is 0 Å². The average molecular weight is 378 g/mol. The fourth-order valence-corrected chi connectivity index (χ4v) is 6.10. The van der Waals surface area contributed by atoms with Gasteiger partial charge in [0.15, 0.2) is 0 Å². The third kappa shape index (κ3) is 4.18. The van der Waals surface area contributed by atoms with Crippen molar-refractivity contribution in [3.63, 3.8) is 0 Å². The summed E-state index contributed by atoms with van der Waals surface area (Å²) in [5.74, 6) is 0.354. The lowest BCUT2D eigenvalue weighted by Crippen LogP contribution is -2.43. The molecule has 4 atom stereocenters. The Morgan fingerprint density at radius 2 is 2.00 bits per heavy atom. The molecule has 0 radical (unpaired) electrons. The summed E-state index contributed by atoms with van der Waals surface area (Å²) in [5.41, 5.74) is 0.754. The first kappa shape index (κ1) is 19.1. The standard InChI is InChI=1S/C20H27NO4S/c1-14-7-5-6-9-18(14)26(24,25)21-20-16-12-11-15(13-16)17(20)8-3-2-4-10-19(22)23/h3,5-9,15-17,20-21H,2,4,10-13H2,1H3,(H,22,23)/b8-3-/t15-,16+,17+,20+/m1/s1. The van der Waals surface area contributed by atoms with Crippen LogP contribution < -0.4 is 4.72 Å². The number of hydrogen-bond acceptors (Lipinski definition) is 3. The molecule has 2 fully saturated rings. The van der Waals surface area contributed by atoms with Gasteiger partial charge >= 0.3 is 5.97 Å². The van der Waals surface area contributed by atoms with E-state index in [0.29, 0.717) is 23.2 Å². The summed E-state index contributed by atoms with van der Waals surface area (Å²) in [6.45, 7) is 1.81. The molecule has 0 unspecified atom stereocenters. The Balaban J connectivity index is 1.70. The van der Waals surface area contributed by atoms with Crippen molar-refractivity contribution >= 4 is 16.0 Å². The predicted octanol–water partition coefficient (Wildman–Crippen LogP) is 3.50. The molecule has 0 aromatic heterocycles. The van der Waals surface area contributed by atoms with Crippen LogP contribution in [-0.2, 0) is 14.8 Å². The highest BCUT2D eigenvalue weighted by molar-refractivity contribution is 7.89. The smallest absolute Gasteiger partial charge is 0.303 e. The molecule has 142 valence electrons. The van der Waals surface area contributed by atoms with Gasteiger partial charge in [-0.1, -0.05) is 30.4 Å². The number of nitrogens with one attached hydrogen (secondary N) is 1. The number of allylic oxidation sites excluding steroid dienone is 1. The number of sulfonamides is 1. The summed E-state index contributed by atoms with van der Waals surface area (Å²) in [5, 5.41) is 8.71. The number of fused-ring (bicyclic) bond motifs is 2. The topological polar surface area (TPSA) is 83.5 Å². The number of aryl methyl sites for hydroxylation is 1. The fraction of sp³-hybridized carbons (Fsp3) is 0.550. The number of aliphatic carboxylic acids is 1. The van der Waals surface area contributed by atoms with E-state index in [2.05, 4.69) is 10.8 Å². The minimum absolute atomic E-state index is 0.0610. The molecule has 3 rings (SSSR count). The number of benzene rings is 1. The van der Waals surface area contributed by atoms with Gasteiger partial charge < -0.3 is 5.11 Å². The number of carboxylic acid groups (broad SMARTS) is 1. The Morgan fingerprint density at radius 3 is 2.73 bits per heavy atom. The van der Waals surface area contributed by atoms with Crippen LogP contribution in [0.5, 0.6) is 0 Å². The predicted molar refractivity (Wildman–Crippen MR) is 100 cm³/mol. The highest BCUT2D eigenvalue weighted by Crippen LogP contribution is 2.49. The third-order valence-electron chi connectivity index (χ3n) is 5.77. The fourth-order valence-electron chi connectivity index (χ4n) is 4.51. The zero-order valence-electron chi connectivity index (χ0n) is 15.1. The Bertz CT molecular complexity index is 787. The van der Waals surface area contributed by atoms with Gasteiger partial charge in [0.25, 0.3) is 0 Å². The summed E-state index contributed by atoms with van der Waals surface area (Å²) in [6, 6.07) is 7.00. The lowest BCUT2D eigenvalue weighted by Gasteiger charge is -2.30. The molecule has 0 heterocycles. The van der Waals surface area contributed by atoms with E-state index in [0.717, 1.165) is 31.2 Å². The zero-order valence-corrected chi connectivity index (χ0v) is 15.9. The molecule has 2 N–H and O–H groups in total. The summed E-state index contributed by atoms with van der Waals surface area (Å²) < 4.78 is 28.7. The summed E-state index contributed by atoms with van der Waals surface area (Å²) >= 11 is 0. The molecule has 6 heteroatoms. The van der Waals surface area contributed by atoms with E-state index in [4.69, 9.17) is 5.11 Å². The van der Waals surface area contributed by atoms with Crippen LogP contribution in [-0.4, -0.2) is 25.5 Å². The van der Waals surface area contributed by atoms with Crippen molar-refractivity contribution in [2.75, 3.05) is 0 Å². The van der Waals surface area contributed by atoms with Gasteiger partial charge in [0.05, 0.1) is 4.90 Å². The molecular formula is C20H27NO4S. The number of rotatable bonds is 8. The number of unbranched alkanes of at least 4 members (excludes halogenated alkanes) is 1. The Hall–Kier alpha value is -1.66. The van der Waals surface area contributed by atoms with Gasteiger partial charge in [0.1, 0.15) is 0 Å². The molecule has 0 amide bonds. The first-order chi connectivity index (χ1) is 12.4. The van der Waals surface area contributed by atoms with E-state index in [9.17, 15) is 13.2 Å². The SMILES string of the molecule is Cc1ccccc1S(=O)(=O)N[C@H]1[C@H]2CC[C@H](C2)[C@@H]1/C=C\CCCC(=O)O. The van der Waals surface area contributed by atoms with Crippen LogP contribution in [0.25, 0.3) is 0 Å². The van der Waals surface area contributed by atoms with Crippen molar-refractivity contribution in [3.8, 4) is 0 Å². The first-order valence-electron chi connectivity index (χ1n) is 9.35. The molecule has 26 heavy (non-hydrogen) atoms. The van der Waals surface area contributed by atoms with Gasteiger partial charge in [0.2, 0.25) is 10.0 Å². The van der Waals surface area contributed by atoms with Crippen molar-refractivity contribution in [3.05, 3.63) is 42.0 Å². The maximum absolute atomic E-state index is 12.9.